The third kappa shape index (κ3) is 2.12. The van der Waals surface area contributed by atoms with Crippen molar-refractivity contribution in [1.82, 2.24) is 0 Å². The molecule has 0 nitrogen and oxygen atoms in total. The lowest BCUT2D eigenvalue weighted by molar-refractivity contribution is 0.417. The van der Waals surface area contributed by atoms with Crippen molar-refractivity contribution in [2.24, 2.45) is 5.92 Å². The second kappa shape index (κ2) is 4.11. The third-order valence-corrected chi connectivity index (χ3v) is 3.05. The van der Waals surface area contributed by atoms with E-state index < -0.39 is 0 Å². The number of allylic oxidation sites excluding steroid dienone is 2. The first-order chi connectivity index (χ1) is 6.75. The van der Waals surface area contributed by atoms with Gasteiger partial charge in [0, 0.05) is 2.74 Å². The van der Waals surface area contributed by atoms with Gasteiger partial charge >= 0.3 is 0 Å². The largest absolute Gasteiger partial charge is 0.0822 e. The average Bonchev–Trinajstić information content (AvgIpc) is 2.47. The molecule has 0 amide bonds. The summed E-state index contributed by atoms with van der Waals surface area (Å²) in [7, 11) is 0. The fourth-order valence-electron chi connectivity index (χ4n) is 2.32. The summed E-state index contributed by atoms with van der Waals surface area (Å²) in [5, 5.41) is 0. The van der Waals surface area contributed by atoms with E-state index in [4.69, 9.17) is 2.74 Å². The van der Waals surface area contributed by atoms with E-state index in [-0.39, 0.29) is 12.8 Å². The van der Waals surface area contributed by atoms with Crippen LogP contribution in [0, 0.1) is 5.92 Å². The summed E-state index contributed by atoms with van der Waals surface area (Å²) in [6.07, 6.45) is 10.7. The normalized spacial score (nSPS) is 40.8. The number of hydrogen-bond acceptors (Lipinski definition) is 0. The smallest absolute Gasteiger partial charge is 0.0270 e. The van der Waals surface area contributed by atoms with Crippen molar-refractivity contribution in [3.05, 3.63) is 11.6 Å². The van der Waals surface area contributed by atoms with Crippen molar-refractivity contribution >= 4 is 0 Å². The van der Waals surface area contributed by atoms with Crippen molar-refractivity contribution in [2.75, 3.05) is 0 Å². The first kappa shape index (κ1) is 6.23. The predicted molar refractivity (Wildman–Crippen MR) is 53.1 cm³/mol. The molecule has 68 valence electrons. The van der Waals surface area contributed by atoms with Crippen LogP contribution in [-0.4, -0.2) is 0 Å². The molecule has 0 aromatic rings. The molecule has 0 aromatic heterocycles. The number of hydrogen-bond donors (Lipinski definition) is 0. The fraction of sp³-hybridized carbons (Fsp3) is 0.833. The molecule has 2 aliphatic rings. The quantitative estimate of drug-likeness (QED) is 0.515. The van der Waals surface area contributed by atoms with Crippen LogP contribution >= 0.6 is 0 Å². The van der Waals surface area contributed by atoms with E-state index >= 15 is 0 Å². The molecule has 2 fully saturated rings. The van der Waals surface area contributed by atoms with Gasteiger partial charge in [0.05, 0.1) is 0 Å². The molecule has 2 saturated carbocycles. The SMILES string of the molecule is [2H]C1CC(=CC2CCCCC2)CC1[2H]. The molecule has 0 heterocycles. The highest BCUT2D eigenvalue weighted by Crippen LogP contribution is 2.30. The minimum absolute atomic E-state index is 0.148. The summed E-state index contributed by atoms with van der Waals surface area (Å²) in [6.45, 7) is 0. The summed E-state index contributed by atoms with van der Waals surface area (Å²) >= 11 is 0. The summed E-state index contributed by atoms with van der Waals surface area (Å²) in [5.74, 6) is 0.774. The average molecular weight is 166 g/mol. The lowest BCUT2D eigenvalue weighted by Crippen LogP contribution is -2.03. The fourth-order valence-corrected chi connectivity index (χ4v) is 2.32. The van der Waals surface area contributed by atoms with Crippen LogP contribution < -0.4 is 0 Å². The molecule has 12 heavy (non-hydrogen) atoms. The molecule has 0 N–H and O–H groups in total. The molecular formula is C12H20. The first-order valence-corrected chi connectivity index (χ1v) is 5.30. The molecule has 2 rings (SSSR count). The maximum atomic E-state index is 7.66. The van der Waals surface area contributed by atoms with Crippen LogP contribution in [0.15, 0.2) is 11.6 Å². The zero-order valence-corrected chi connectivity index (χ0v) is 7.76. The highest BCUT2D eigenvalue weighted by Gasteiger charge is 2.13. The Morgan fingerprint density at radius 1 is 1.08 bits per heavy atom. The Hall–Kier alpha value is -0.260. The van der Waals surface area contributed by atoms with E-state index in [2.05, 4.69) is 6.08 Å². The Kier molecular flexibility index (Phi) is 2.14. The Balaban J connectivity index is 1.90. The monoisotopic (exact) mass is 166 g/mol. The molecule has 0 radical (unpaired) electrons. The van der Waals surface area contributed by atoms with Crippen molar-refractivity contribution in [1.29, 1.82) is 0 Å². The highest BCUT2D eigenvalue weighted by atomic mass is 14.2. The van der Waals surface area contributed by atoms with E-state index in [1.54, 1.807) is 0 Å². The second-order valence-electron chi connectivity index (χ2n) is 4.10. The molecule has 2 atom stereocenters. The van der Waals surface area contributed by atoms with Gasteiger partial charge in [-0.05, 0) is 44.4 Å². The van der Waals surface area contributed by atoms with Crippen molar-refractivity contribution in [3.63, 3.8) is 0 Å². The topological polar surface area (TPSA) is 0 Å². The van der Waals surface area contributed by atoms with Crippen LogP contribution in [0.2, 0.25) is 0 Å². The van der Waals surface area contributed by atoms with Crippen LogP contribution in [0.25, 0.3) is 0 Å². The summed E-state index contributed by atoms with van der Waals surface area (Å²) < 4.78 is 15.3. The van der Waals surface area contributed by atoms with E-state index in [1.807, 2.05) is 0 Å². The van der Waals surface area contributed by atoms with Gasteiger partial charge in [0.25, 0.3) is 0 Å². The van der Waals surface area contributed by atoms with Crippen LogP contribution in [0.1, 0.15) is 60.5 Å². The van der Waals surface area contributed by atoms with Gasteiger partial charge in [-0.15, -0.1) is 0 Å². The van der Waals surface area contributed by atoms with Crippen LogP contribution in [0.3, 0.4) is 0 Å². The summed E-state index contributed by atoms with van der Waals surface area (Å²) in [5.41, 5.74) is 1.40. The van der Waals surface area contributed by atoms with Crippen molar-refractivity contribution in [3.8, 4) is 0 Å². The van der Waals surface area contributed by atoms with Gasteiger partial charge in [0.2, 0.25) is 0 Å². The molecule has 0 bridgehead atoms. The minimum Gasteiger partial charge on any atom is -0.0822 e. The van der Waals surface area contributed by atoms with Crippen LogP contribution in [-0.2, 0) is 0 Å². The van der Waals surface area contributed by atoms with Gasteiger partial charge in [-0.3, -0.25) is 0 Å². The van der Waals surface area contributed by atoms with Gasteiger partial charge in [0.15, 0.2) is 0 Å². The predicted octanol–water partition coefficient (Wildman–Crippen LogP) is 4.07. The van der Waals surface area contributed by atoms with Gasteiger partial charge in [0.1, 0.15) is 0 Å². The summed E-state index contributed by atoms with van der Waals surface area (Å²) in [4.78, 5) is 0. The Morgan fingerprint density at radius 2 is 1.75 bits per heavy atom. The molecule has 0 spiro atoms. The molecule has 0 aliphatic heterocycles. The molecule has 0 saturated heterocycles. The second-order valence-corrected chi connectivity index (χ2v) is 4.10. The molecule has 0 aromatic carbocycles. The van der Waals surface area contributed by atoms with Crippen LogP contribution in [0.4, 0.5) is 0 Å². The van der Waals surface area contributed by atoms with Crippen LogP contribution in [0.5, 0.6) is 0 Å². The third-order valence-electron chi connectivity index (χ3n) is 3.05. The Labute approximate surface area is 78.9 Å². The van der Waals surface area contributed by atoms with Gasteiger partial charge in [-0.1, -0.05) is 30.9 Å². The zero-order valence-electron chi connectivity index (χ0n) is 9.76. The van der Waals surface area contributed by atoms with Crippen molar-refractivity contribution < 1.29 is 2.74 Å². The maximum Gasteiger partial charge on any atom is 0.0270 e. The standard InChI is InChI=1S/C12H20/c1-2-6-11(7-3-1)10-12-8-4-5-9-12/h10-11H,1-9H2/i4D,5D. The van der Waals surface area contributed by atoms with Gasteiger partial charge < -0.3 is 0 Å². The van der Waals surface area contributed by atoms with Crippen molar-refractivity contribution in [2.45, 2.75) is 57.7 Å². The lowest BCUT2D eigenvalue weighted by Gasteiger charge is -2.18. The van der Waals surface area contributed by atoms with E-state index in [1.165, 1.54) is 37.7 Å². The molecule has 2 unspecified atom stereocenters. The Morgan fingerprint density at radius 3 is 2.42 bits per heavy atom. The zero-order chi connectivity index (χ0) is 9.97. The van der Waals surface area contributed by atoms with Gasteiger partial charge in [-0.2, -0.15) is 0 Å². The first-order valence-electron chi connectivity index (χ1n) is 6.45. The lowest BCUT2D eigenvalue weighted by atomic mass is 9.88. The Bertz CT molecular complexity index is 204. The minimum atomic E-state index is -0.148. The van der Waals surface area contributed by atoms with E-state index in [9.17, 15) is 0 Å². The number of rotatable bonds is 1. The summed E-state index contributed by atoms with van der Waals surface area (Å²) in [6, 6.07) is 0. The maximum absolute atomic E-state index is 7.66. The molecule has 0 heteroatoms. The highest BCUT2D eigenvalue weighted by molar-refractivity contribution is 5.08. The molecule has 2 aliphatic carbocycles. The van der Waals surface area contributed by atoms with E-state index in [0.29, 0.717) is 0 Å². The van der Waals surface area contributed by atoms with E-state index in [0.717, 1.165) is 18.8 Å². The molecular weight excluding hydrogens is 144 g/mol. The van der Waals surface area contributed by atoms with Gasteiger partial charge in [-0.25, -0.2) is 0 Å².